The molecule has 0 heterocycles. The Labute approximate surface area is 82.7 Å². The van der Waals surface area contributed by atoms with Crippen molar-refractivity contribution >= 4 is 5.97 Å². The van der Waals surface area contributed by atoms with Gasteiger partial charge in [-0.3, -0.25) is 4.79 Å². The van der Waals surface area contributed by atoms with E-state index in [0.29, 0.717) is 6.42 Å². The molecule has 0 saturated carbocycles. The topological polar surface area (TPSA) is 26.3 Å². The highest BCUT2D eigenvalue weighted by molar-refractivity contribution is 5.74. The quantitative estimate of drug-likeness (QED) is 0.549. The van der Waals surface area contributed by atoms with E-state index in [0.717, 1.165) is 0 Å². The van der Waals surface area contributed by atoms with Crippen molar-refractivity contribution in [2.45, 2.75) is 20.3 Å². The third-order valence-electron chi connectivity index (χ3n) is 2.03. The van der Waals surface area contributed by atoms with Gasteiger partial charge in [-0.15, -0.1) is 0 Å². The van der Waals surface area contributed by atoms with E-state index in [-0.39, 0.29) is 17.6 Å². The Bertz CT molecular complexity index is 323. The Hall–Kier alpha value is -1.38. The Morgan fingerprint density at radius 3 is 2.86 bits per heavy atom. The van der Waals surface area contributed by atoms with Crippen molar-refractivity contribution in [1.82, 2.24) is 0 Å². The van der Waals surface area contributed by atoms with Gasteiger partial charge >= 0.3 is 5.97 Å². The molecule has 1 atom stereocenters. The maximum atomic E-state index is 12.7. The van der Waals surface area contributed by atoms with Gasteiger partial charge in [-0.05, 0) is 18.6 Å². The highest BCUT2D eigenvalue weighted by Gasteiger charge is 2.12. The molecule has 1 aromatic rings. The van der Waals surface area contributed by atoms with Crippen molar-refractivity contribution in [1.29, 1.82) is 0 Å². The molecule has 0 bridgehead atoms. The molecule has 1 unspecified atom stereocenters. The molecule has 0 spiro atoms. The fourth-order valence-corrected chi connectivity index (χ4v) is 0.914. The minimum absolute atomic E-state index is 0.154. The van der Waals surface area contributed by atoms with E-state index in [2.05, 4.69) is 0 Å². The van der Waals surface area contributed by atoms with Crippen LogP contribution < -0.4 is 4.74 Å². The van der Waals surface area contributed by atoms with Gasteiger partial charge in [0, 0.05) is 6.07 Å². The average molecular weight is 196 g/mol. The predicted octanol–water partition coefficient (Wildman–Crippen LogP) is 2.78. The summed E-state index contributed by atoms with van der Waals surface area (Å²) in [7, 11) is 0. The first-order valence-corrected chi connectivity index (χ1v) is 4.60. The molecule has 0 aliphatic rings. The van der Waals surface area contributed by atoms with Gasteiger partial charge in [0.25, 0.3) is 0 Å². The fourth-order valence-electron chi connectivity index (χ4n) is 0.914. The Morgan fingerprint density at radius 1 is 1.57 bits per heavy atom. The molecule has 0 N–H and O–H groups in total. The number of rotatable bonds is 3. The SMILES string of the molecule is CCC(C)C(=O)Oc1cccc(F)c1. The zero-order chi connectivity index (χ0) is 10.6. The molecule has 14 heavy (non-hydrogen) atoms. The second-order valence-electron chi connectivity index (χ2n) is 3.19. The Kier molecular flexibility index (Phi) is 3.63. The molecular formula is C11H13FO2. The van der Waals surface area contributed by atoms with Crippen molar-refractivity contribution in [3.8, 4) is 5.75 Å². The van der Waals surface area contributed by atoms with Crippen LogP contribution in [0.5, 0.6) is 5.75 Å². The summed E-state index contributed by atoms with van der Waals surface area (Å²) >= 11 is 0. The standard InChI is InChI=1S/C11H13FO2/c1-3-8(2)11(13)14-10-6-4-5-9(12)7-10/h4-8H,3H2,1-2H3. The number of benzene rings is 1. The number of hydrogen-bond donors (Lipinski definition) is 0. The van der Waals surface area contributed by atoms with Crippen LogP contribution in [0.2, 0.25) is 0 Å². The normalized spacial score (nSPS) is 12.2. The summed E-state index contributed by atoms with van der Waals surface area (Å²) in [6, 6.07) is 5.57. The van der Waals surface area contributed by atoms with Gasteiger partial charge < -0.3 is 4.74 Å². The Morgan fingerprint density at radius 2 is 2.29 bits per heavy atom. The van der Waals surface area contributed by atoms with E-state index in [1.54, 1.807) is 13.0 Å². The van der Waals surface area contributed by atoms with Crippen LogP contribution in [-0.4, -0.2) is 5.97 Å². The molecule has 0 aliphatic carbocycles. The van der Waals surface area contributed by atoms with E-state index >= 15 is 0 Å². The van der Waals surface area contributed by atoms with Gasteiger partial charge in [0.15, 0.2) is 0 Å². The largest absolute Gasteiger partial charge is 0.426 e. The van der Waals surface area contributed by atoms with E-state index in [4.69, 9.17) is 4.74 Å². The highest BCUT2D eigenvalue weighted by Crippen LogP contribution is 2.14. The summed E-state index contributed by atoms with van der Waals surface area (Å²) in [5.74, 6) is -0.619. The minimum Gasteiger partial charge on any atom is -0.426 e. The molecule has 0 aliphatic heterocycles. The van der Waals surface area contributed by atoms with Gasteiger partial charge in [-0.1, -0.05) is 19.9 Å². The van der Waals surface area contributed by atoms with Crippen LogP contribution in [0, 0.1) is 11.7 Å². The summed E-state index contributed by atoms with van der Waals surface area (Å²) in [5, 5.41) is 0. The smallest absolute Gasteiger partial charge is 0.314 e. The molecule has 0 amide bonds. The minimum atomic E-state index is -0.403. The number of hydrogen-bond acceptors (Lipinski definition) is 2. The van der Waals surface area contributed by atoms with E-state index < -0.39 is 5.82 Å². The summed E-state index contributed by atoms with van der Waals surface area (Å²) < 4.78 is 17.7. The number of halogens is 1. The summed E-state index contributed by atoms with van der Waals surface area (Å²) in [6.07, 6.45) is 0.716. The molecule has 76 valence electrons. The number of ether oxygens (including phenoxy) is 1. The van der Waals surface area contributed by atoms with Gasteiger partial charge in [0.1, 0.15) is 11.6 Å². The molecular weight excluding hydrogens is 183 g/mol. The maximum Gasteiger partial charge on any atom is 0.314 e. The number of carbonyl (C=O) groups is 1. The second kappa shape index (κ2) is 4.74. The predicted molar refractivity (Wildman–Crippen MR) is 51.5 cm³/mol. The molecule has 1 aromatic carbocycles. The zero-order valence-corrected chi connectivity index (χ0v) is 8.29. The van der Waals surface area contributed by atoms with Crippen molar-refractivity contribution in [2.24, 2.45) is 5.92 Å². The summed E-state index contributed by atoms with van der Waals surface area (Å²) in [4.78, 5) is 11.3. The monoisotopic (exact) mass is 196 g/mol. The van der Waals surface area contributed by atoms with Gasteiger partial charge in [0.05, 0.1) is 5.92 Å². The van der Waals surface area contributed by atoms with Crippen LogP contribution >= 0.6 is 0 Å². The lowest BCUT2D eigenvalue weighted by molar-refractivity contribution is -0.138. The first-order chi connectivity index (χ1) is 6.63. The molecule has 3 heteroatoms. The zero-order valence-electron chi connectivity index (χ0n) is 8.29. The van der Waals surface area contributed by atoms with Crippen LogP contribution in [-0.2, 0) is 4.79 Å². The first kappa shape index (κ1) is 10.7. The lowest BCUT2D eigenvalue weighted by atomic mass is 10.1. The average Bonchev–Trinajstić information content (AvgIpc) is 2.16. The van der Waals surface area contributed by atoms with Crippen molar-refractivity contribution < 1.29 is 13.9 Å². The van der Waals surface area contributed by atoms with Gasteiger partial charge in [-0.2, -0.15) is 0 Å². The molecule has 0 radical (unpaired) electrons. The Balaban J connectivity index is 2.65. The van der Waals surface area contributed by atoms with Crippen molar-refractivity contribution in [2.75, 3.05) is 0 Å². The lowest BCUT2D eigenvalue weighted by Gasteiger charge is -2.08. The van der Waals surface area contributed by atoms with Gasteiger partial charge in [0.2, 0.25) is 0 Å². The summed E-state index contributed by atoms with van der Waals surface area (Å²) in [5.41, 5.74) is 0. The van der Waals surface area contributed by atoms with E-state index in [9.17, 15) is 9.18 Å². The molecule has 0 saturated heterocycles. The lowest BCUT2D eigenvalue weighted by Crippen LogP contribution is -2.16. The summed E-state index contributed by atoms with van der Waals surface area (Å²) in [6.45, 7) is 3.68. The van der Waals surface area contributed by atoms with Crippen LogP contribution in [0.25, 0.3) is 0 Å². The van der Waals surface area contributed by atoms with Crippen molar-refractivity contribution in [3.63, 3.8) is 0 Å². The van der Waals surface area contributed by atoms with Crippen LogP contribution in [0.3, 0.4) is 0 Å². The second-order valence-corrected chi connectivity index (χ2v) is 3.19. The highest BCUT2D eigenvalue weighted by atomic mass is 19.1. The van der Waals surface area contributed by atoms with Crippen LogP contribution in [0.4, 0.5) is 4.39 Å². The van der Waals surface area contributed by atoms with Gasteiger partial charge in [-0.25, -0.2) is 4.39 Å². The van der Waals surface area contributed by atoms with E-state index in [1.165, 1.54) is 18.2 Å². The third-order valence-corrected chi connectivity index (χ3v) is 2.03. The van der Waals surface area contributed by atoms with Crippen LogP contribution in [0.15, 0.2) is 24.3 Å². The first-order valence-electron chi connectivity index (χ1n) is 4.60. The van der Waals surface area contributed by atoms with Crippen LogP contribution in [0.1, 0.15) is 20.3 Å². The molecule has 0 fully saturated rings. The molecule has 2 nitrogen and oxygen atoms in total. The van der Waals surface area contributed by atoms with E-state index in [1.807, 2.05) is 6.92 Å². The number of carbonyl (C=O) groups excluding carboxylic acids is 1. The maximum absolute atomic E-state index is 12.7. The van der Waals surface area contributed by atoms with Crippen molar-refractivity contribution in [3.05, 3.63) is 30.1 Å². The molecule has 0 aromatic heterocycles. The fraction of sp³-hybridized carbons (Fsp3) is 0.364. The molecule has 1 rings (SSSR count). The third kappa shape index (κ3) is 2.83. The number of esters is 1.